The van der Waals surface area contributed by atoms with Crippen LogP contribution in [0.4, 0.5) is 0 Å². The average Bonchev–Trinajstić information content (AvgIpc) is 2.39. The fraction of sp³-hybridized carbons (Fsp3) is 0.933. The predicted molar refractivity (Wildman–Crippen MR) is 77.8 cm³/mol. The lowest BCUT2D eigenvalue weighted by atomic mass is 9.84. The molecule has 0 aromatic rings. The quantitative estimate of drug-likeness (QED) is 0.790. The van der Waals surface area contributed by atoms with Crippen LogP contribution >= 0.6 is 0 Å². The van der Waals surface area contributed by atoms with Gasteiger partial charge in [0.1, 0.15) is 0 Å². The maximum Gasteiger partial charge on any atom is 0.220 e. The van der Waals surface area contributed by atoms with Crippen LogP contribution in [0, 0.1) is 11.3 Å². The number of likely N-dealkylation sites (tertiary alicyclic amines) is 1. The first-order valence-corrected chi connectivity index (χ1v) is 7.72. The van der Waals surface area contributed by atoms with Gasteiger partial charge in [0.15, 0.2) is 0 Å². The van der Waals surface area contributed by atoms with Crippen LogP contribution in [0.25, 0.3) is 0 Å². The minimum absolute atomic E-state index is 0.249. The van der Waals surface area contributed by atoms with Crippen LogP contribution in [0.2, 0.25) is 0 Å². The molecule has 2 atom stereocenters. The van der Waals surface area contributed by atoms with Gasteiger partial charge in [0.05, 0.1) is 0 Å². The molecule has 0 bridgehead atoms. The molecule has 2 heterocycles. The molecule has 0 spiro atoms. The van der Waals surface area contributed by atoms with Crippen molar-refractivity contribution < 1.29 is 4.79 Å². The third kappa shape index (κ3) is 4.18. The molecule has 3 N–H and O–H groups in total. The summed E-state index contributed by atoms with van der Waals surface area (Å²) < 4.78 is 0. The van der Waals surface area contributed by atoms with Gasteiger partial charge in [-0.2, -0.15) is 0 Å². The van der Waals surface area contributed by atoms with Gasteiger partial charge in [-0.15, -0.1) is 0 Å². The largest absolute Gasteiger partial charge is 0.353 e. The normalized spacial score (nSPS) is 28.9. The molecule has 4 nitrogen and oxygen atoms in total. The fourth-order valence-electron chi connectivity index (χ4n) is 3.27. The Bertz CT molecular complexity index is 317. The van der Waals surface area contributed by atoms with Gasteiger partial charge in [0.25, 0.3) is 0 Å². The Morgan fingerprint density at radius 3 is 2.95 bits per heavy atom. The molecule has 110 valence electrons. The van der Waals surface area contributed by atoms with E-state index in [1.54, 1.807) is 0 Å². The Balaban J connectivity index is 1.71. The summed E-state index contributed by atoms with van der Waals surface area (Å²) in [7, 11) is 0. The van der Waals surface area contributed by atoms with E-state index in [2.05, 4.69) is 24.1 Å². The summed E-state index contributed by atoms with van der Waals surface area (Å²) in [6, 6.07) is 0.443. The van der Waals surface area contributed by atoms with Crippen LogP contribution in [-0.4, -0.2) is 43.0 Å². The van der Waals surface area contributed by atoms with Crippen molar-refractivity contribution >= 4 is 5.91 Å². The van der Waals surface area contributed by atoms with Crippen LogP contribution in [-0.2, 0) is 4.79 Å². The highest BCUT2D eigenvalue weighted by Crippen LogP contribution is 2.26. The second-order valence-electron chi connectivity index (χ2n) is 7.03. The van der Waals surface area contributed by atoms with Gasteiger partial charge in [0.2, 0.25) is 5.91 Å². The molecule has 4 heteroatoms. The van der Waals surface area contributed by atoms with Crippen LogP contribution in [0.1, 0.15) is 46.0 Å². The van der Waals surface area contributed by atoms with Gasteiger partial charge in [0, 0.05) is 25.6 Å². The number of fused-ring (bicyclic) bond motifs is 1. The van der Waals surface area contributed by atoms with Gasteiger partial charge in [-0.1, -0.05) is 13.8 Å². The number of carbonyl (C=O) groups excluding carboxylic acids is 1. The number of carbonyl (C=O) groups is 1. The Hall–Kier alpha value is -0.610. The minimum Gasteiger partial charge on any atom is -0.353 e. The van der Waals surface area contributed by atoms with E-state index in [0.29, 0.717) is 12.0 Å². The summed E-state index contributed by atoms with van der Waals surface area (Å²) in [6.45, 7) is 8.73. The second kappa shape index (κ2) is 6.23. The lowest BCUT2D eigenvalue weighted by Gasteiger charge is -2.41. The fourth-order valence-corrected chi connectivity index (χ4v) is 3.27. The zero-order chi connectivity index (χ0) is 13.9. The Morgan fingerprint density at radius 2 is 2.21 bits per heavy atom. The number of piperidine rings is 2. The molecule has 2 unspecified atom stereocenters. The number of hydrogen-bond donors (Lipinski definition) is 2. The summed E-state index contributed by atoms with van der Waals surface area (Å²) in [5.74, 6) is 0.924. The molecule has 2 rings (SSSR count). The molecule has 2 aliphatic rings. The van der Waals surface area contributed by atoms with Crippen molar-refractivity contribution in [3.05, 3.63) is 0 Å². The number of nitrogens with one attached hydrogen (secondary N) is 1. The zero-order valence-corrected chi connectivity index (χ0v) is 12.5. The molecule has 2 fully saturated rings. The van der Waals surface area contributed by atoms with E-state index in [1.165, 1.54) is 19.4 Å². The maximum absolute atomic E-state index is 11.4. The smallest absolute Gasteiger partial charge is 0.220 e. The van der Waals surface area contributed by atoms with Crippen molar-refractivity contribution in [2.24, 2.45) is 17.1 Å². The van der Waals surface area contributed by atoms with Crippen LogP contribution in [0.5, 0.6) is 0 Å². The second-order valence-corrected chi connectivity index (χ2v) is 7.03. The summed E-state index contributed by atoms with van der Waals surface area (Å²) in [6.07, 6.45) is 5.34. The summed E-state index contributed by atoms with van der Waals surface area (Å²) in [4.78, 5) is 14.0. The Morgan fingerprint density at radius 1 is 1.42 bits per heavy atom. The van der Waals surface area contributed by atoms with Crippen LogP contribution in [0.15, 0.2) is 0 Å². The SMILES string of the molecule is CC(C)(CN)CCCN1CCC2NC(=O)CCC2C1. The van der Waals surface area contributed by atoms with E-state index in [-0.39, 0.29) is 11.3 Å². The number of nitrogens with two attached hydrogens (primary N) is 1. The lowest BCUT2D eigenvalue weighted by Crippen LogP contribution is -2.54. The van der Waals surface area contributed by atoms with E-state index in [4.69, 9.17) is 5.73 Å². The highest BCUT2D eigenvalue weighted by atomic mass is 16.1. The molecule has 1 amide bonds. The van der Waals surface area contributed by atoms with Crippen molar-refractivity contribution in [2.75, 3.05) is 26.2 Å². The average molecular weight is 267 g/mol. The molecule has 0 radical (unpaired) electrons. The number of nitrogens with zero attached hydrogens (tertiary/aromatic N) is 1. The number of rotatable bonds is 5. The van der Waals surface area contributed by atoms with Crippen LogP contribution in [0.3, 0.4) is 0 Å². The van der Waals surface area contributed by atoms with E-state index in [9.17, 15) is 4.79 Å². The molecule has 2 aliphatic heterocycles. The van der Waals surface area contributed by atoms with Gasteiger partial charge < -0.3 is 16.0 Å². The molecule has 0 aromatic carbocycles. The topological polar surface area (TPSA) is 58.4 Å². The maximum atomic E-state index is 11.4. The summed E-state index contributed by atoms with van der Waals surface area (Å²) in [5, 5.41) is 3.15. The lowest BCUT2D eigenvalue weighted by molar-refractivity contribution is -0.125. The van der Waals surface area contributed by atoms with Crippen molar-refractivity contribution in [3.8, 4) is 0 Å². The van der Waals surface area contributed by atoms with Crippen molar-refractivity contribution in [1.29, 1.82) is 0 Å². The summed E-state index contributed by atoms with van der Waals surface area (Å²) in [5.41, 5.74) is 6.05. The number of hydrogen-bond acceptors (Lipinski definition) is 3. The summed E-state index contributed by atoms with van der Waals surface area (Å²) >= 11 is 0. The molecule has 19 heavy (non-hydrogen) atoms. The molecule has 0 saturated carbocycles. The monoisotopic (exact) mass is 267 g/mol. The molecular formula is C15H29N3O. The Kier molecular flexibility index (Phi) is 4.85. The molecule has 2 saturated heterocycles. The first kappa shape index (κ1) is 14.8. The zero-order valence-electron chi connectivity index (χ0n) is 12.5. The first-order chi connectivity index (χ1) is 9.00. The third-order valence-corrected chi connectivity index (χ3v) is 4.79. The Labute approximate surface area is 117 Å². The minimum atomic E-state index is 0.249. The first-order valence-electron chi connectivity index (χ1n) is 7.72. The van der Waals surface area contributed by atoms with Crippen LogP contribution < -0.4 is 11.1 Å². The van der Waals surface area contributed by atoms with Crippen molar-refractivity contribution in [3.63, 3.8) is 0 Å². The van der Waals surface area contributed by atoms with Crippen molar-refractivity contribution in [1.82, 2.24) is 10.2 Å². The number of amides is 1. The molecular weight excluding hydrogens is 238 g/mol. The highest BCUT2D eigenvalue weighted by molar-refractivity contribution is 5.77. The third-order valence-electron chi connectivity index (χ3n) is 4.79. The van der Waals surface area contributed by atoms with Gasteiger partial charge in [-0.25, -0.2) is 0 Å². The highest BCUT2D eigenvalue weighted by Gasteiger charge is 2.33. The van der Waals surface area contributed by atoms with E-state index < -0.39 is 0 Å². The standard InChI is InChI=1S/C15H29N3O/c1-15(2,11-16)7-3-8-18-9-6-13-12(10-18)4-5-14(19)17-13/h12-13H,3-11,16H2,1-2H3,(H,17,19). The van der Waals surface area contributed by atoms with E-state index in [1.807, 2.05) is 0 Å². The molecule has 0 aliphatic carbocycles. The van der Waals surface area contributed by atoms with Gasteiger partial charge in [-0.05, 0) is 50.1 Å². The predicted octanol–water partition coefficient (Wildman–Crippen LogP) is 1.35. The van der Waals surface area contributed by atoms with E-state index >= 15 is 0 Å². The van der Waals surface area contributed by atoms with Gasteiger partial charge in [-0.3, -0.25) is 4.79 Å². The molecule has 0 aromatic heterocycles. The van der Waals surface area contributed by atoms with Crippen molar-refractivity contribution in [2.45, 2.75) is 52.0 Å². The van der Waals surface area contributed by atoms with Gasteiger partial charge >= 0.3 is 0 Å². The van der Waals surface area contributed by atoms with E-state index in [0.717, 1.165) is 38.9 Å².